The van der Waals surface area contributed by atoms with Gasteiger partial charge in [-0.05, 0) is 24.4 Å². The van der Waals surface area contributed by atoms with Gasteiger partial charge in [0.2, 0.25) is 5.88 Å². The molecule has 1 aliphatic heterocycles. The molecule has 0 saturated carbocycles. The van der Waals surface area contributed by atoms with E-state index in [0.717, 1.165) is 0 Å². The Balaban J connectivity index is 2.19. The lowest BCUT2D eigenvalue weighted by molar-refractivity contribution is 0.0698. The largest absolute Gasteiger partial charge is 0.494 e. The molecule has 126 valence electrons. The number of aliphatic imine (C=N–C) groups is 1. The van der Waals surface area contributed by atoms with Crippen LogP contribution in [0.15, 0.2) is 40.6 Å². The molecule has 1 aromatic carbocycles. The molecule has 0 saturated heterocycles. The minimum atomic E-state index is -1.09. The smallest absolute Gasteiger partial charge is 0.337 e. The third-order valence-corrected chi connectivity index (χ3v) is 4.05. The molecule has 0 amide bonds. The summed E-state index contributed by atoms with van der Waals surface area (Å²) in [7, 11) is 0. The maximum Gasteiger partial charge on any atom is 0.337 e. The first-order valence-corrected chi connectivity index (χ1v) is 7.64. The number of rotatable bonds is 4. The number of para-hydroxylation sites is 1. The number of fused-ring (bicyclic) bond motifs is 1. The Labute approximate surface area is 146 Å². The van der Waals surface area contributed by atoms with Gasteiger partial charge in [0.1, 0.15) is 5.56 Å². The highest BCUT2D eigenvalue weighted by Gasteiger charge is 2.20. The number of hydrogen-bond donors (Lipinski definition) is 3. The van der Waals surface area contributed by atoms with E-state index in [9.17, 15) is 19.8 Å². The first-order valence-electron chi connectivity index (χ1n) is 7.23. The highest BCUT2D eigenvalue weighted by Crippen LogP contribution is 2.36. The normalized spacial score (nSPS) is 13.8. The highest BCUT2D eigenvalue weighted by atomic mass is 32.1. The number of allylic oxidation sites excluding steroid dienone is 2. The van der Waals surface area contributed by atoms with Crippen molar-refractivity contribution in [3.63, 3.8) is 0 Å². The molecule has 8 heteroatoms. The van der Waals surface area contributed by atoms with E-state index < -0.39 is 11.5 Å². The van der Waals surface area contributed by atoms with Crippen molar-refractivity contribution in [1.82, 2.24) is 9.55 Å². The highest BCUT2D eigenvalue weighted by molar-refractivity contribution is 7.71. The summed E-state index contributed by atoms with van der Waals surface area (Å²) < 4.78 is 1.41. The first-order chi connectivity index (χ1) is 11.9. The van der Waals surface area contributed by atoms with Crippen LogP contribution in [0.1, 0.15) is 21.5 Å². The Hall–Kier alpha value is -3.26. The van der Waals surface area contributed by atoms with E-state index >= 15 is 0 Å². The van der Waals surface area contributed by atoms with Gasteiger partial charge in [0.05, 0.1) is 11.3 Å². The maximum absolute atomic E-state index is 12.2. The van der Waals surface area contributed by atoms with Crippen molar-refractivity contribution in [2.24, 2.45) is 4.99 Å². The fraction of sp³-hybridized carbons (Fsp3) is 0.0588. The van der Waals surface area contributed by atoms with Crippen molar-refractivity contribution < 1.29 is 15.0 Å². The van der Waals surface area contributed by atoms with E-state index in [1.165, 1.54) is 29.0 Å². The summed E-state index contributed by atoms with van der Waals surface area (Å²) in [6, 6.07) is 4.75. The van der Waals surface area contributed by atoms with Crippen molar-refractivity contribution in [2.45, 2.75) is 6.54 Å². The molecule has 3 rings (SSSR count). The number of carbonyl (C=O) groups is 1. The van der Waals surface area contributed by atoms with Crippen molar-refractivity contribution in [3.05, 3.63) is 62.7 Å². The number of aromatic carboxylic acids is 1. The number of hydrogen-bond acceptors (Lipinski definition) is 5. The zero-order valence-corrected chi connectivity index (χ0v) is 13.7. The lowest BCUT2D eigenvalue weighted by atomic mass is 10.0. The fourth-order valence-electron chi connectivity index (χ4n) is 2.57. The van der Waals surface area contributed by atoms with Gasteiger partial charge in [0.15, 0.2) is 4.77 Å². The van der Waals surface area contributed by atoms with Crippen LogP contribution in [0.3, 0.4) is 0 Å². The van der Waals surface area contributed by atoms with E-state index in [0.29, 0.717) is 16.8 Å². The average molecular weight is 355 g/mol. The molecule has 0 unspecified atom stereocenters. The number of aromatic nitrogens is 2. The Morgan fingerprint density at radius 3 is 2.88 bits per heavy atom. The topological polar surface area (TPSA) is 108 Å². The average Bonchev–Trinajstić information content (AvgIpc) is 2.98. The van der Waals surface area contributed by atoms with E-state index in [2.05, 4.69) is 16.6 Å². The van der Waals surface area contributed by atoms with Crippen molar-refractivity contribution in [2.75, 3.05) is 0 Å². The van der Waals surface area contributed by atoms with E-state index in [4.69, 9.17) is 12.2 Å². The molecule has 1 aromatic heterocycles. The monoisotopic (exact) mass is 355 g/mol. The molecular weight excluding hydrogens is 342 g/mol. The fourth-order valence-corrected chi connectivity index (χ4v) is 2.82. The Morgan fingerprint density at radius 1 is 1.44 bits per heavy atom. The number of carboxylic acids is 1. The molecule has 2 aromatic rings. The summed E-state index contributed by atoms with van der Waals surface area (Å²) in [4.78, 5) is 30.1. The van der Waals surface area contributed by atoms with Gasteiger partial charge in [-0.15, -0.1) is 6.58 Å². The van der Waals surface area contributed by atoms with Gasteiger partial charge in [-0.25, -0.2) is 4.79 Å². The number of aromatic amines is 1. The molecule has 1 aliphatic rings. The Kier molecular flexibility index (Phi) is 4.20. The third-order valence-electron chi connectivity index (χ3n) is 3.73. The van der Waals surface area contributed by atoms with Crippen LogP contribution in [0.2, 0.25) is 0 Å². The molecule has 3 N–H and O–H groups in total. The SMILES string of the molecule is C=CCn1c(O)c(C=C2C=Nc3c(C(=O)O)cccc32)c(=O)[nH]c1=S. The molecule has 0 spiro atoms. The predicted molar refractivity (Wildman–Crippen MR) is 97.2 cm³/mol. The second-order valence-electron chi connectivity index (χ2n) is 5.26. The number of aromatic hydroxyl groups is 1. The summed E-state index contributed by atoms with van der Waals surface area (Å²) >= 11 is 5.03. The number of H-pyrrole nitrogens is 1. The molecule has 25 heavy (non-hydrogen) atoms. The van der Waals surface area contributed by atoms with Crippen molar-refractivity contribution in [3.8, 4) is 5.88 Å². The lowest BCUT2D eigenvalue weighted by Crippen LogP contribution is -2.16. The number of benzene rings is 1. The predicted octanol–water partition coefficient (Wildman–Crippen LogP) is 2.75. The maximum atomic E-state index is 12.2. The minimum absolute atomic E-state index is 0.00507. The molecule has 0 aliphatic carbocycles. The van der Waals surface area contributed by atoms with Crippen LogP contribution in [-0.2, 0) is 6.54 Å². The van der Waals surface area contributed by atoms with Crippen LogP contribution in [0.4, 0.5) is 5.69 Å². The second kappa shape index (κ2) is 6.33. The Morgan fingerprint density at radius 2 is 2.20 bits per heavy atom. The van der Waals surface area contributed by atoms with Crippen molar-refractivity contribution in [1.29, 1.82) is 0 Å². The summed E-state index contributed by atoms with van der Waals surface area (Å²) in [6.45, 7) is 3.81. The van der Waals surface area contributed by atoms with Crippen LogP contribution in [0, 0.1) is 4.77 Å². The van der Waals surface area contributed by atoms with Gasteiger partial charge in [-0.1, -0.05) is 18.2 Å². The Bertz CT molecular complexity index is 1080. The number of carboxylic acid groups (broad SMARTS) is 1. The van der Waals surface area contributed by atoms with Crippen LogP contribution in [0.25, 0.3) is 11.6 Å². The second-order valence-corrected chi connectivity index (χ2v) is 5.65. The van der Waals surface area contributed by atoms with Crippen molar-refractivity contribution >= 4 is 41.7 Å². The molecule has 0 radical (unpaired) electrons. The van der Waals surface area contributed by atoms with Gasteiger partial charge in [-0.2, -0.15) is 0 Å². The quantitative estimate of drug-likeness (QED) is 0.577. The number of nitrogens with zero attached hydrogens (tertiary/aromatic N) is 2. The van der Waals surface area contributed by atoms with Crippen LogP contribution < -0.4 is 5.56 Å². The van der Waals surface area contributed by atoms with Gasteiger partial charge in [0.25, 0.3) is 5.56 Å². The molecule has 2 heterocycles. The third kappa shape index (κ3) is 2.83. The molecule has 0 bridgehead atoms. The summed E-state index contributed by atoms with van der Waals surface area (Å²) in [5.74, 6) is -1.38. The molecule has 0 fully saturated rings. The molecule has 0 atom stereocenters. The molecular formula is C17H13N3O4S. The zero-order valence-electron chi connectivity index (χ0n) is 12.9. The van der Waals surface area contributed by atoms with E-state index in [1.807, 2.05) is 0 Å². The summed E-state index contributed by atoms with van der Waals surface area (Å²) in [6.07, 6.45) is 4.44. The van der Waals surface area contributed by atoms with Gasteiger partial charge >= 0.3 is 5.97 Å². The van der Waals surface area contributed by atoms with Gasteiger partial charge < -0.3 is 10.2 Å². The van der Waals surface area contributed by atoms with Crippen LogP contribution in [0.5, 0.6) is 5.88 Å². The van der Waals surface area contributed by atoms with Gasteiger partial charge in [0, 0.05) is 23.9 Å². The standard InChI is InChI=1S/C17H13N3O4S/c1-2-6-20-15(22)12(14(21)19-17(20)25)7-9-8-18-13-10(9)4-3-5-11(13)16(23)24/h2-5,7-8,22H,1,6H2,(H,23,24)(H,19,21,25). The zero-order chi connectivity index (χ0) is 18.1. The van der Waals surface area contributed by atoms with Crippen LogP contribution >= 0.6 is 12.2 Å². The first kappa shape index (κ1) is 16.6. The van der Waals surface area contributed by atoms with E-state index in [1.54, 1.807) is 12.1 Å². The number of nitrogens with one attached hydrogen (secondary N) is 1. The molecule has 7 nitrogen and oxygen atoms in total. The van der Waals surface area contributed by atoms with E-state index in [-0.39, 0.29) is 28.3 Å². The van der Waals surface area contributed by atoms with Crippen LogP contribution in [-0.4, -0.2) is 31.9 Å². The van der Waals surface area contributed by atoms with Gasteiger partial charge in [-0.3, -0.25) is 19.3 Å². The summed E-state index contributed by atoms with van der Waals surface area (Å²) in [5, 5.41) is 19.6. The minimum Gasteiger partial charge on any atom is -0.494 e. The summed E-state index contributed by atoms with van der Waals surface area (Å²) in [5.41, 5.74) is 0.920. The lowest BCUT2D eigenvalue weighted by Gasteiger charge is -2.09.